The van der Waals surface area contributed by atoms with E-state index in [1.165, 1.54) is 13.0 Å². The number of nitrogens with one attached hydrogen (secondary N) is 1. The van der Waals surface area contributed by atoms with Crippen molar-refractivity contribution in [1.82, 2.24) is 15.0 Å². The van der Waals surface area contributed by atoms with Crippen molar-refractivity contribution in [1.29, 1.82) is 0 Å². The summed E-state index contributed by atoms with van der Waals surface area (Å²) in [5.41, 5.74) is 1.03. The summed E-state index contributed by atoms with van der Waals surface area (Å²) < 4.78 is 19.2. The molecule has 3 heterocycles. The molecule has 1 saturated heterocycles. The second-order valence-electron chi connectivity index (χ2n) is 5.15. The third-order valence-corrected chi connectivity index (χ3v) is 4.01. The highest BCUT2D eigenvalue weighted by Gasteiger charge is 2.43. The van der Waals surface area contributed by atoms with Gasteiger partial charge in [-0.2, -0.15) is 4.39 Å². The van der Waals surface area contributed by atoms with Gasteiger partial charge in [-0.15, -0.1) is 0 Å². The van der Waals surface area contributed by atoms with Crippen LogP contribution in [0.4, 0.5) is 4.39 Å². The number of aromatic amines is 1. The molecule has 4 atom stereocenters. The normalized spacial score (nSPS) is 28.4. The monoisotopic (exact) mass is 327 g/mol. The zero-order valence-electron chi connectivity index (χ0n) is 11.5. The molecule has 118 valence electrons. The molecule has 4 N–H and O–H groups in total. The molecule has 3 rings (SSSR count). The summed E-state index contributed by atoms with van der Waals surface area (Å²) in [7, 11) is 0. The molecule has 9 heteroatoms. The fourth-order valence-corrected chi connectivity index (χ4v) is 2.74. The summed E-state index contributed by atoms with van der Waals surface area (Å²) in [5, 5.41) is 29.0. The van der Waals surface area contributed by atoms with Crippen LogP contribution in [0.2, 0.25) is 0 Å². The zero-order valence-corrected chi connectivity index (χ0v) is 12.3. The molecule has 7 nitrogen and oxygen atoms in total. The number of ether oxygens (including phenoxy) is 1. The molecule has 0 spiro atoms. The minimum atomic E-state index is -1.26. The lowest BCUT2D eigenvalue weighted by atomic mass is 10.0. The van der Waals surface area contributed by atoms with Crippen molar-refractivity contribution in [2.45, 2.75) is 31.3 Å². The van der Waals surface area contributed by atoms with E-state index in [2.05, 4.69) is 15.0 Å². The van der Waals surface area contributed by atoms with Crippen molar-refractivity contribution in [2.24, 2.45) is 0 Å². The highest BCUT2D eigenvalue weighted by molar-refractivity contribution is 7.71. The summed E-state index contributed by atoms with van der Waals surface area (Å²) in [6.07, 6.45) is -4.34. The molecule has 1 aliphatic heterocycles. The van der Waals surface area contributed by atoms with E-state index < -0.39 is 37.0 Å². The Morgan fingerprint density at radius 2 is 2.09 bits per heavy atom. The number of hydrogen-bond donors (Lipinski definition) is 4. The molecule has 0 bridgehead atoms. The minimum absolute atomic E-state index is 0.138. The molecule has 2 aromatic heterocycles. The summed E-state index contributed by atoms with van der Waals surface area (Å²) in [4.78, 5) is 10.6. The quantitative estimate of drug-likeness (QED) is 0.587. The van der Waals surface area contributed by atoms with Gasteiger partial charge in [0.1, 0.15) is 34.6 Å². The van der Waals surface area contributed by atoms with Crippen molar-refractivity contribution in [3.05, 3.63) is 27.9 Å². The van der Waals surface area contributed by atoms with Crippen LogP contribution in [0.15, 0.2) is 6.07 Å². The molecule has 1 fully saturated rings. The van der Waals surface area contributed by atoms with Gasteiger partial charge in [0.15, 0.2) is 5.65 Å². The zero-order chi connectivity index (χ0) is 16.0. The van der Waals surface area contributed by atoms with Gasteiger partial charge in [-0.25, -0.2) is 9.97 Å². The number of rotatable bonds is 2. The fourth-order valence-electron chi connectivity index (χ4n) is 2.46. The first kappa shape index (κ1) is 15.4. The van der Waals surface area contributed by atoms with Crippen LogP contribution in [0.25, 0.3) is 11.2 Å². The molecule has 2 aromatic rings. The predicted octanol–water partition coefficient (Wildman–Crippen LogP) is 0.289. The van der Waals surface area contributed by atoms with Crippen LogP contribution in [0, 0.1) is 17.5 Å². The smallest absolute Gasteiger partial charge is 0.235 e. The van der Waals surface area contributed by atoms with Crippen molar-refractivity contribution in [3.63, 3.8) is 0 Å². The average Bonchev–Trinajstić information content (AvgIpc) is 2.76. The molecular formula is C13H14FN3O4S. The Morgan fingerprint density at radius 3 is 2.73 bits per heavy atom. The molecular weight excluding hydrogens is 313 g/mol. The van der Waals surface area contributed by atoms with Gasteiger partial charge in [0.2, 0.25) is 5.95 Å². The Kier molecular flexibility index (Phi) is 3.91. The summed E-state index contributed by atoms with van der Waals surface area (Å²) >= 11 is 5.21. The van der Waals surface area contributed by atoms with Crippen LogP contribution in [0.1, 0.15) is 17.4 Å². The first-order valence-electron chi connectivity index (χ1n) is 6.62. The van der Waals surface area contributed by atoms with Gasteiger partial charge >= 0.3 is 0 Å². The van der Waals surface area contributed by atoms with Gasteiger partial charge in [0.05, 0.1) is 12.3 Å². The number of pyridine rings is 1. The molecule has 0 aromatic carbocycles. The average molecular weight is 327 g/mol. The topological polar surface area (TPSA) is 111 Å². The molecule has 0 amide bonds. The van der Waals surface area contributed by atoms with Crippen molar-refractivity contribution < 1.29 is 24.4 Å². The molecule has 0 aliphatic carbocycles. The Morgan fingerprint density at radius 1 is 1.36 bits per heavy atom. The summed E-state index contributed by atoms with van der Waals surface area (Å²) in [6.45, 7) is 1.05. The van der Waals surface area contributed by atoms with Crippen molar-refractivity contribution in [2.75, 3.05) is 6.61 Å². The highest BCUT2D eigenvalue weighted by atomic mass is 32.1. The van der Waals surface area contributed by atoms with Crippen LogP contribution in [0.3, 0.4) is 0 Å². The van der Waals surface area contributed by atoms with Gasteiger partial charge in [-0.05, 0) is 13.0 Å². The third kappa shape index (κ3) is 2.40. The molecule has 0 radical (unpaired) electrons. The number of aliphatic hydroxyl groups is 3. The largest absolute Gasteiger partial charge is 0.394 e. The van der Waals surface area contributed by atoms with E-state index in [-0.39, 0.29) is 15.9 Å². The number of H-pyrrole nitrogens is 1. The predicted molar refractivity (Wildman–Crippen MR) is 76.1 cm³/mol. The highest BCUT2D eigenvalue weighted by Crippen LogP contribution is 2.34. The molecule has 1 aliphatic rings. The van der Waals surface area contributed by atoms with Crippen LogP contribution in [-0.2, 0) is 4.74 Å². The minimum Gasteiger partial charge on any atom is -0.394 e. The van der Waals surface area contributed by atoms with E-state index in [4.69, 9.17) is 22.1 Å². The van der Waals surface area contributed by atoms with Crippen LogP contribution in [0.5, 0.6) is 0 Å². The summed E-state index contributed by atoms with van der Waals surface area (Å²) in [5.74, 6) is -0.704. The lowest BCUT2D eigenvalue weighted by Crippen LogP contribution is -2.32. The third-order valence-electron chi connectivity index (χ3n) is 3.67. The van der Waals surface area contributed by atoms with Crippen LogP contribution >= 0.6 is 12.2 Å². The lowest BCUT2D eigenvalue weighted by Gasteiger charge is -2.15. The van der Waals surface area contributed by atoms with Gasteiger partial charge in [-0.1, -0.05) is 12.2 Å². The Hall–Kier alpha value is -1.52. The van der Waals surface area contributed by atoms with E-state index >= 15 is 0 Å². The summed E-state index contributed by atoms with van der Waals surface area (Å²) in [6, 6.07) is 1.46. The van der Waals surface area contributed by atoms with E-state index in [0.717, 1.165) is 0 Å². The van der Waals surface area contributed by atoms with E-state index in [9.17, 15) is 14.6 Å². The second-order valence-corrected chi connectivity index (χ2v) is 5.55. The van der Waals surface area contributed by atoms with Gasteiger partial charge in [0.25, 0.3) is 0 Å². The van der Waals surface area contributed by atoms with Crippen LogP contribution < -0.4 is 0 Å². The van der Waals surface area contributed by atoms with E-state index in [1.54, 1.807) is 0 Å². The Bertz CT molecular complexity index is 784. The van der Waals surface area contributed by atoms with Crippen LogP contribution in [-0.4, -0.2) is 55.2 Å². The van der Waals surface area contributed by atoms with E-state index in [0.29, 0.717) is 11.2 Å². The number of fused-ring (bicyclic) bond motifs is 1. The van der Waals surface area contributed by atoms with Crippen molar-refractivity contribution in [3.8, 4) is 0 Å². The maximum Gasteiger partial charge on any atom is 0.235 e. The number of aliphatic hydroxyl groups excluding tert-OH is 3. The van der Waals surface area contributed by atoms with Gasteiger partial charge < -0.3 is 25.0 Å². The Balaban J connectivity index is 2.10. The SMILES string of the molecule is Cc1nc2[nH]c(=S)c(C3OC(CO)C(O)C3O)cc2nc1F. The van der Waals surface area contributed by atoms with Gasteiger partial charge in [0, 0.05) is 5.56 Å². The second kappa shape index (κ2) is 5.60. The maximum atomic E-state index is 13.5. The number of aryl methyl sites for hydroxylation is 1. The molecule has 0 saturated carbocycles. The van der Waals surface area contributed by atoms with Crippen molar-refractivity contribution >= 4 is 23.4 Å². The number of halogens is 1. The number of nitrogens with zero attached hydrogens (tertiary/aromatic N) is 2. The maximum absolute atomic E-state index is 13.5. The standard InChI is InChI=1S/C13H14FN3O4S/c1-4-11(14)16-6-2-5(13(22)17-12(6)15-4)10-9(20)8(19)7(3-18)21-10/h2,7-10,18-20H,3H2,1H3,(H,15,17,22). The first-order valence-corrected chi connectivity index (χ1v) is 7.02. The molecule has 22 heavy (non-hydrogen) atoms. The number of aromatic nitrogens is 3. The fraction of sp³-hybridized carbons (Fsp3) is 0.462. The van der Waals surface area contributed by atoms with Gasteiger partial charge in [-0.3, -0.25) is 0 Å². The number of hydrogen-bond acceptors (Lipinski definition) is 7. The first-order chi connectivity index (χ1) is 10.4. The lowest BCUT2D eigenvalue weighted by molar-refractivity contribution is -0.0229. The van der Waals surface area contributed by atoms with E-state index in [1.807, 2.05) is 0 Å². The molecule has 4 unspecified atom stereocenters. The Labute approximate surface area is 129 Å².